The zero-order chi connectivity index (χ0) is 13.8. The fraction of sp³-hybridized carbons (Fsp3) is 0.467. The number of hydrogen-bond donors (Lipinski definition) is 1. The van der Waals surface area contributed by atoms with Crippen LogP contribution in [0.2, 0.25) is 0 Å². The Bertz CT molecular complexity index is 546. The quantitative estimate of drug-likeness (QED) is 0.882. The Kier molecular flexibility index (Phi) is 4.20. The zero-order valence-electron chi connectivity index (χ0n) is 12.0. The molecule has 2 aromatic heterocycles. The summed E-state index contributed by atoms with van der Waals surface area (Å²) in [6, 6.07) is 3.94. The molecule has 4 heteroatoms. The summed E-state index contributed by atoms with van der Waals surface area (Å²) in [5.41, 5.74) is 2.01. The fourth-order valence-electron chi connectivity index (χ4n) is 1.84. The summed E-state index contributed by atoms with van der Waals surface area (Å²) in [5, 5.41) is 3.33. The highest BCUT2D eigenvalue weighted by atomic mass is 16.3. The lowest BCUT2D eigenvalue weighted by Gasteiger charge is -2.11. The van der Waals surface area contributed by atoms with E-state index in [2.05, 4.69) is 36.1 Å². The third kappa shape index (κ3) is 3.13. The molecule has 0 aliphatic heterocycles. The van der Waals surface area contributed by atoms with Gasteiger partial charge in [0.15, 0.2) is 5.82 Å². The second-order valence-corrected chi connectivity index (χ2v) is 4.97. The second-order valence-electron chi connectivity index (χ2n) is 4.97. The van der Waals surface area contributed by atoms with Crippen LogP contribution in [0.4, 0.5) is 5.82 Å². The van der Waals surface area contributed by atoms with Gasteiger partial charge in [-0.25, -0.2) is 9.97 Å². The highest BCUT2D eigenvalue weighted by Crippen LogP contribution is 2.24. The number of nitrogens with zero attached hydrogens (tertiary/aromatic N) is 2. The number of furan rings is 1. The summed E-state index contributed by atoms with van der Waals surface area (Å²) in [5.74, 6) is 2.84. The van der Waals surface area contributed by atoms with Gasteiger partial charge in [-0.15, -0.1) is 0 Å². The van der Waals surface area contributed by atoms with Crippen LogP contribution in [0.1, 0.15) is 44.6 Å². The molecule has 2 aromatic rings. The Labute approximate surface area is 114 Å². The molecule has 0 spiro atoms. The highest BCUT2D eigenvalue weighted by molar-refractivity contribution is 5.59. The average Bonchev–Trinajstić information content (AvgIpc) is 2.82. The van der Waals surface area contributed by atoms with Crippen molar-refractivity contribution in [1.82, 2.24) is 9.97 Å². The predicted molar refractivity (Wildman–Crippen MR) is 77.3 cm³/mol. The lowest BCUT2D eigenvalue weighted by atomic mass is 10.1. The van der Waals surface area contributed by atoms with Gasteiger partial charge in [0.25, 0.3) is 0 Å². The van der Waals surface area contributed by atoms with Crippen LogP contribution in [0, 0.1) is 6.92 Å². The number of aromatic nitrogens is 2. The van der Waals surface area contributed by atoms with Crippen molar-refractivity contribution in [3.05, 3.63) is 29.9 Å². The monoisotopic (exact) mass is 259 g/mol. The Hall–Kier alpha value is -1.84. The minimum atomic E-state index is 0.371. The SMILES string of the molecule is CCCNc1cc(C(C)C)nc(-c2ccoc2C)n1. The first kappa shape index (κ1) is 13.6. The van der Waals surface area contributed by atoms with Gasteiger partial charge in [-0.3, -0.25) is 0 Å². The molecule has 0 fully saturated rings. The lowest BCUT2D eigenvalue weighted by molar-refractivity contribution is 0.535. The van der Waals surface area contributed by atoms with E-state index in [1.807, 2.05) is 19.1 Å². The molecule has 0 amide bonds. The minimum absolute atomic E-state index is 0.371. The van der Waals surface area contributed by atoms with Gasteiger partial charge in [0, 0.05) is 18.3 Å². The van der Waals surface area contributed by atoms with E-state index in [1.54, 1.807) is 6.26 Å². The van der Waals surface area contributed by atoms with Crippen molar-refractivity contribution in [3.63, 3.8) is 0 Å². The Morgan fingerprint density at radius 3 is 2.68 bits per heavy atom. The molecule has 0 bridgehead atoms. The van der Waals surface area contributed by atoms with E-state index in [9.17, 15) is 0 Å². The molecule has 19 heavy (non-hydrogen) atoms. The molecule has 0 aliphatic carbocycles. The summed E-state index contributed by atoms with van der Waals surface area (Å²) in [4.78, 5) is 9.21. The van der Waals surface area contributed by atoms with Crippen LogP contribution in [-0.2, 0) is 0 Å². The van der Waals surface area contributed by atoms with E-state index in [0.717, 1.165) is 41.6 Å². The molecule has 0 atom stereocenters. The van der Waals surface area contributed by atoms with Crippen LogP contribution in [0.15, 0.2) is 22.8 Å². The van der Waals surface area contributed by atoms with Crippen molar-refractivity contribution in [2.24, 2.45) is 0 Å². The summed E-state index contributed by atoms with van der Waals surface area (Å²) in [7, 11) is 0. The van der Waals surface area contributed by atoms with Gasteiger partial charge in [-0.1, -0.05) is 20.8 Å². The van der Waals surface area contributed by atoms with Crippen molar-refractivity contribution in [2.75, 3.05) is 11.9 Å². The first-order chi connectivity index (χ1) is 9.11. The molecule has 2 heterocycles. The normalized spacial score (nSPS) is 11.0. The number of hydrogen-bond acceptors (Lipinski definition) is 4. The number of anilines is 1. The van der Waals surface area contributed by atoms with Crippen LogP contribution in [0.25, 0.3) is 11.4 Å². The Morgan fingerprint density at radius 2 is 2.11 bits per heavy atom. The molecule has 0 unspecified atom stereocenters. The minimum Gasteiger partial charge on any atom is -0.469 e. The van der Waals surface area contributed by atoms with Crippen molar-refractivity contribution in [1.29, 1.82) is 0 Å². The number of nitrogens with one attached hydrogen (secondary N) is 1. The van der Waals surface area contributed by atoms with E-state index in [1.165, 1.54) is 0 Å². The molecule has 2 rings (SSSR count). The number of aryl methyl sites for hydroxylation is 1. The van der Waals surface area contributed by atoms with Gasteiger partial charge < -0.3 is 9.73 Å². The van der Waals surface area contributed by atoms with Crippen LogP contribution in [0.5, 0.6) is 0 Å². The molecular weight excluding hydrogens is 238 g/mol. The van der Waals surface area contributed by atoms with Crippen molar-refractivity contribution in [3.8, 4) is 11.4 Å². The summed E-state index contributed by atoms with van der Waals surface area (Å²) in [6.45, 7) is 9.26. The fourth-order valence-corrected chi connectivity index (χ4v) is 1.84. The molecular formula is C15H21N3O. The third-order valence-corrected chi connectivity index (χ3v) is 2.99. The molecule has 102 valence electrons. The largest absolute Gasteiger partial charge is 0.469 e. The van der Waals surface area contributed by atoms with Gasteiger partial charge in [-0.05, 0) is 25.3 Å². The standard InChI is InChI=1S/C15H21N3O/c1-5-7-16-14-9-13(10(2)3)17-15(18-14)12-6-8-19-11(12)4/h6,8-10H,5,7H2,1-4H3,(H,16,17,18). The highest BCUT2D eigenvalue weighted by Gasteiger charge is 2.12. The van der Waals surface area contributed by atoms with Crippen LogP contribution in [-0.4, -0.2) is 16.5 Å². The molecule has 0 radical (unpaired) electrons. The maximum absolute atomic E-state index is 5.34. The Balaban J connectivity index is 2.42. The predicted octanol–water partition coefficient (Wildman–Crippen LogP) is 3.99. The first-order valence-electron chi connectivity index (χ1n) is 6.79. The van der Waals surface area contributed by atoms with Crippen molar-refractivity contribution < 1.29 is 4.42 Å². The van der Waals surface area contributed by atoms with Gasteiger partial charge in [0.1, 0.15) is 11.6 Å². The van der Waals surface area contributed by atoms with E-state index in [4.69, 9.17) is 4.42 Å². The molecule has 0 saturated carbocycles. The van der Waals surface area contributed by atoms with Crippen molar-refractivity contribution in [2.45, 2.75) is 40.0 Å². The van der Waals surface area contributed by atoms with Gasteiger partial charge >= 0.3 is 0 Å². The molecule has 1 N–H and O–H groups in total. The van der Waals surface area contributed by atoms with E-state index in [-0.39, 0.29) is 0 Å². The van der Waals surface area contributed by atoms with Gasteiger partial charge in [-0.2, -0.15) is 0 Å². The smallest absolute Gasteiger partial charge is 0.165 e. The summed E-state index contributed by atoms with van der Waals surface area (Å²) >= 11 is 0. The Morgan fingerprint density at radius 1 is 1.32 bits per heavy atom. The maximum Gasteiger partial charge on any atom is 0.165 e. The second kappa shape index (κ2) is 5.87. The van der Waals surface area contributed by atoms with E-state index >= 15 is 0 Å². The topological polar surface area (TPSA) is 51.0 Å². The van der Waals surface area contributed by atoms with E-state index in [0.29, 0.717) is 5.92 Å². The summed E-state index contributed by atoms with van der Waals surface area (Å²) < 4.78 is 5.34. The molecule has 0 aliphatic rings. The number of rotatable bonds is 5. The lowest BCUT2D eigenvalue weighted by Crippen LogP contribution is -2.06. The molecule has 0 saturated heterocycles. The van der Waals surface area contributed by atoms with Crippen molar-refractivity contribution >= 4 is 5.82 Å². The third-order valence-electron chi connectivity index (χ3n) is 2.99. The van der Waals surface area contributed by atoms with Crippen LogP contribution >= 0.6 is 0 Å². The van der Waals surface area contributed by atoms with Gasteiger partial charge in [0.05, 0.1) is 11.8 Å². The average molecular weight is 259 g/mol. The first-order valence-corrected chi connectivity index (χ1v) is 6.79. The van der Waals surface area contributed by atoms with Crippen LogP contribution in [0.3, 0.4) is 0 Å². The van der Waals surface area contributed by atoms with Gasteiger partial charge in [0.2, 0.25) is 0 Å². The zero-order valence-corrected chi connectivity index (χ0v) is 12.0. The molecule has 0 aromatic carbocycles. The van der Waals surface area contributed by atoms with Crippen LogP contribution < -0.4 is 5.32 Å². The molecule has 4 nitrogen and oxygen atoms in total. The summed E-state index contributed by atoms with van der Waals surface area (Å²) in [6.07, 6.45) is 2.75. The van der Waals surface area contributed by atoms with E-state index < -0.39 is 0 Å². The maximum atomic E-state index is 5.34.